The number of methoxy groups -OCH3 is 2. The molecule has 0 amide bonds. The van der Waals surface area contributed by atoms with Gasteiger partial charge in [-0.25, -0.2) is 9.59 Å². The number of esters is 2. The van der Waals surface area contributed by atoms with Crippen molar-refractivity contribution in [3.05, 3.63) is 70.1 Å². The second-order valence-electron chi connectivity index (χ2n) is 4.56. The summed E-state index contributed by atoms with van der Waals surface area (Å²) in [5.74, 6) is -1.53. The number of nitrogens with zero attached hydrogens (tertiary/aromatic N) is 2. The number of rotatable bonds is 4. The maximum absolute atomic E-state index is 12.4. The van der Waals surface area contributed by atoms with Gasteiger partial charge in [-0.2, -0.15) is 0 Å². The van der Waals surface area contributed by atoms with Crippen molar-refractivity contribution in [2.45, 2.75) is 0 Å². The van der Waals surface area contributed by atoms with Gasteiger partial charge in [0, 0.05) is 12.1 Å². The zero-order chi connectivity index (χ0) is 17.7. The third kappa shape index (κ3) is 3.17. The molecule has 8 heteroatoms. The lowest BCUT2D eigenvalue weighted by Gasteiger charge is -2.07. The van der Waals surface area contributed by atoms with Crippen LogP contribution in [0.25, 0.3) is 0 Å². The second kappa shape index (κ2) is 7.23. The van der Waals surface area contributed by atoms with Gasteiger partial charge in [0.25, 0.3) is 0 Å². The first kappa shape index (κ1) is 16.9. The van der Waals surface area contributed by atoms with E-state index >= 15 is 0 Å². The van der Waals surface area contributed by atoms with E-state index in [0.717, 1.165) is 14.2 Å². The van der Waals surface area contributed by atoms with E-state index in [1.807, 2.05) is 0 Å². The number of ether oxygens (including phenoxy) is 2. The van der Waals surface area contributed by atoms with Crippen LogP contribution in [0.2, 0.25) is 0 Å². The Kier molecular flexibility index (Phi) is 5.10. The van der Waals surface area contributed by atoms with E-state index in [0.29, 0.717) is 0 Å². The van der Waals surface area contributed by atoms with Crippen LogP contribution in [0.4, 0.5) is 11.4 Å². The van der Waals surface area contributed by atoms with Crippen molar-refractivity contribution >= 4 is 23.3 Å². The smallest absolute Gasteiger partial charge is 0.344 e. The Labute approximate surface area is 137 Å². The van der Waals surface area contributed by atoms with Crippen LogP contribution in [-0.4, -0.2) is 35.9 Å². The molecular weight excluding hydrogens is 316 g/mol. The highest BCUT2D eigenvalue weighted by molar-refractivity contribution is 5.94. The van der Waals surface area contributed by atoms with Gasteiger partial charge in [-0.3, -0.25) is 0 Å². The van der Waals surface area contributed by atoms with Gasteiger partial charge < -0.3 is 19.9 Å². The normalized spacial score (nSPS) is 11.4. The molecule has 0 spiro atoms. The average molecular weight is 330 g/mol. The van der Waals surface area contributed by atoms with E-state index in [9.17, 15) is 20.0 Å². The first-order chi connectivity index (χ1) is 11.5. The number of para-hydroxylation sites is 2. The maximum Gasteiger partial charge on any atom is 0.344 e. The van der Waals surface area contributed by atoms with Crippen LogP contribution in [-0.2, 0) is 9.47 Å². The Bertz CT molecular complexity index is 748. The molecular formula is C16H14N2O6. The summed E-state index contributed by atoms with van der Waals surface area (Å²) in [5.41, 5.74) is -0.573. The van der Waals surface area contributed by atoms with Gasteiger partial charge >= 0.3 is 23.3 Å². The van der Waals surface area contributed by atoms with Gasteiger partial charge in [-0.05, 0) is 12.1 Å². The van der Waals surface area contributed by atoms with Crippen LogP contribution in [0.3, 0.4) is 0 Å². The van der Waals surface area contributed by atoms with E-state index in [1.165, 1.54) is 48.5 Å². The lowest BCUT2D eigenvalue weighted by Crippen LogP contribution is -2.15. The van der Waals surface area contributed by atoms with E-state index in [-0.39, 0.29) is 32.2 Å². The van der Waals surface area contributed by atoms with Crippen LogP contribution >= 0.6 is 0 Å². The minimum Gasteiger partial charge on any atom is -0.561 e. The molecule has 0 saturated carbocycles. The number of carbonyl (C=O) groups excluding carboxylic acids is 2. The molecule has 2 aromatic carbocycles. The van der Waals surface area contributed by atoms with Crippen molar-refractivity contribution in [1.82, 2.24) is 0 Å². The molecule has 0 fully saturated rings. The Morgan fingerprint density at radius 3 is 1.42 bits per heavy atom. The Hall–Kier alpha value is -3.42. The van der Waals surface area contributed by atoms with Gasteiger partial charge in [0.05, 0.1) is 23.9 Å². The fourth-order valence-corrected chi connectivity index (χ4v) is 2.04. The summed E-state index contributed by atoms with van der Waals surface area (Å²) in [7, 11) is 2.32. The van der Waals surface area contributed by atoms with Crippen molar-refractivity contribution in [1.29, 1.82) is 0 Å². The SMILES string of the molecule is COC(=O)c1ccccc1/[N+]([O-])=[N+](/[O-])c1ccccc1C(=O)OC. The molecule has 0 aliphatic heterocycles. The third-order valence-electron chi connectivity index (χ3n) is 3.20. The highest BCUT2D eigenvalue weighted by Gasteiger charge is 2.27. The Balaban J connectivity index is 2.62. The van der Waals surface area contributed by atoms with Crippen LogP contribution in [0.5, 0.6) is 0 Å². The first-order valence-electron chi connectivity index (χ1n) is 6.80. The van der Waals surface area contributed by atoms with Crippen molar-refractivity contribution < 1.29 is 28.8 Å². The van der Waals surface area contributed by atoms with Crippen molar-refractivity contribution in [3.63, 3.8) is 0 Å². The van der Waals surface area contributed by atoms with Gasteiger partial charge in [0.1, 0.15) is 11.1 Å². The maximum atomic E-state index is 12.4. The minimum atomic E-state index is -0.763. The van der Waals surface area contributed by atoms with Gasteiger partial charge in [0.15, 0.2) is 0 Å². The largest absolute Gasteiger partial charge is 0.561 e. The van der Waals surface area contributed by atoms with Crippen LogP contribution in [0.1, 0.15) is 20.7 Å². The van der Waals surface area contributed by atoms with Crippen molar-refractivity contribution in [2.75, 3.05) is 14.2 Å². The van der Waals surface area contributed by atoms with Gasteiger partial charge in [-0.15, -0.1) is 0 Å². The number of hydrogen-bond donors (Lipinski definition) is 0. The van der Waals surface area contributed by atoms with Crippen LogP contribution in [0, 0.1) is 10.4 Å². The molecule has 0 unspecified atom stereocenters. The standard InChI is InChI=1S/C16H14N2O6/c1-23-15(19)11-7-3-5-9-13(11)17(21)18(22)14-10-6-4-8-12(14)16(20)24-2/h3-10H,1-2H3/b18-17-. The molecule has 0 heterocycles. The molecule has 8 nitrogen and oxygen atoms in total. The highest BCUT2D eigenvalue weighted by atomic mass is 16.6. The summed E-state index contributed by atoms with van der Waals surface area (Å²) in [4.78, 5) is 23.4. The summed E-state index contributed by atoms with van der Waals surface area (Å²) in [5, 5.41) is 24.8. The molecule has 0 aliphatic rings. The van der Waals surface area contributed by atoms with Crippen molar-refractivity contribution in [3.8, 4) is 0 Å². The summed E-state index contributed by atoms with van der Waals surface area (Å²) < 4.78 is 9.19. The molecule has 124 valence electrons. The summed E-state index contributed by atoms with van der Waals surface area (Å²) >= 11 is 0. The number of azo groups is 1. The zero-order valence-corrected chi connectivity index (χ0v) is 13.0. The number of hydrogen-bond acceptors (Lipinski definition) is 6. The summed E-state index contributed by atoms with van der Waals surface area (Å²) in [6, 6.07) is 11.3. The topological polar surface area (TPSA) is 105 Å². The zero-order valence-electron chi connectivity index (χ0n) is 13.0. The van der Waals surface area contributed by atoms with E-state index in [4.69, 9.17) is 0 Å². The Morgan fingerprint density at radius 2 is 1.08 bits per heavy atom. The summed E-state index contributed by atoms with van der Waals surface area (Å²) in [6.07, 6.45) is 0. The van der Waals surface area contributed by atoms with Crippen LogP contribution < -0.4 is 0 Å². The molecule has 0 saturated heterocycles. The quantitative estimate of drug-likeness (QED) is 0.369. The monoisotopic (exact) mass is 330 g/mol. The molecule has 2 aromatic rings. The molecule has 0 bridgehead atoms. The molecule has 0 atom stereocenters. The molecule has 0 N–H and O–H groups in total. The highest BCUT2D eigenvalue weighted by Crippen LogP contribution is 2.24. The lowest BCUT2D eigenvalue weighted by atomic mass is 10.2. The lowest BCUT2D eigenvalue weighted by molar-refractivity contribution is -0.896. The molecule has 0 aromatic heterocycles. The number of benzene rings is 2. The fraction of sp³-hybridized carbons (Fsp3) is 0.125. The predicted molar refractivity (Wildman–Crippen MR) is 82.1 cm³/mol. The molecule has 24 heavy (non-hydrogen) atoms. The average Bonchev–Trinajstić information content (AvgIpc) is 2.65. The Morgan fingerprint density at radius 1 is 0.750 bits per heavy atom. The van der Waals surface area contributed by atoms with E-state index in [2.05, 4.69) is 9.47 Å². The van der Waals surface area contributed by atoms with Gasteiger partial charge in [0.2, 0.25) is 0 Å². The molecule has 0 radical (unpaired) electrons. The molecule has 0 aliphatic carbocycles. The van der Waals surface area contributed by atoms with E-state index in [1.54, 1.807) is 0 Å². The summed E-state index contributed by atoms with van der Waals surface area (Å²) in [6.45, 7) is 0. The fourth-order valence-electron chi connectivity index (χ4n) is 2.04. The van der Waals surface area contributed by atoms with Gasteiger partial charge in [-0.1, -0.05) is 24.3 Å². The first-order valence-corrected chi connectivity index (χ1v) is 6.80. The third-order valence-corrected chi connectivity index (χ3v) is 3.20. The molecule has 2 rings (SSSR count). The number of carbonyl (C=O) groups is 2. The van der Waals surface area contributed by atoms with E-state index < -0.39 is 11.9 Å². The van der Waals surface area contributed by atoms with Crippen molar-refractivity contribution in [2.24, 2.45) is 0 Å². The second-order valence-corrected chi connectivity index (χ2v) is 4.56. The predicted octanol–water partition coefficient (Wildman–Crippen LogP) is 2.70. The minimum absolute atomic E-state index is 0.0337. The van der Waals surface area contributed by atoms with Crippen LogP contribution in [0.15, 0.2) is 48.5 Å².